The quantitative estimate of drug-likeness (QED) is 0.194. The highest BCUT2D eigenvalue weighted by atomic mass is 19.4. The van der Waals surface area contributed by atoms with Gasteiger partial charge in [0.05, 0.1) is 29.6 Å². The summed E-state index contributed by atoms with van der Waals surface area (Å²) in [5.74, 6) is -6.17. The highest BCUT2D eigenvalue weighted by molar-refractivity contribution is 5.79. The van der Waals surface area contributed by atoms with Crippen molar-refractivity contribution in [1.29, 1.82) is 0 Å². The molecule has 2 aromatic carbocycles. The van der Waals surface area contributed by atoms with Crippen LogP contribution in [0.5, 0.6) is 0 Å². The van der Waals surface area contributed by atoms with Crippen LogP contribution in [0.25, 0.3) is 0 Å². The average molecular weight is 652 g/mol. The number of nitro groups is 1. The molecule has 246 valence electrons. The average Bonchev–Trinajstić information content (AvgIpc) is 2.93. The van der Waals surface area contributed by atoms with Gasteiger partial charge in [-0.3, -0.25) is 19.7 Å². The lowest BCUT2D eigenvalue weighted by molar-refractivity contribution is -0.585. The molecule has 2 aromatic rings. The Hall–Kier alpha value is -4.44. The number of halogens is 7. The van der Waals surface area contributed by atoms with E-state index in [2.05, 4.69) is 0 Å². The molecule has 0 radical (unpaired) electrons. The van der Waals surface area contributed by atoms with Crippen molar-refractivity contribution in [3.8, 4) is 0 Å². The molecule has 17 heteroatoms. The van der Waals surface area contributed by atoms with Gasteiger partial charge in [-0.25, -0.2) is 9.18 Å². The molecule has 0 bridgehead atoms. The zero-order valence-electron chi connectivity index (χ0n) is 23.9. The van der Waals surface area contributed by atoms with E-state index in [4.69, 9.17) is 0 Å². The number of hydrogen-bond acceptors (Lipinski definition) is 5. The number of carbonyl (C=O) groups excluding carboxylic acids is 1. The predicted molar refractivity (Wildman–Crippen MR) is 141 cm³/mol. The normalized spacial score (nSPS) is 20.3. The Morgan fingerprint density at radius 2 is 1.62 bits per heavy atom. The van der Waals surface area contributed by atoms with Gasteiger partial charge in [-0.1, -0.05) is 6.07 Å². The Bertz CT molecular complexity index is 1470. The van der Waals surface area contributed by atoms with Gasteiger partial charge in [0.15, 0.2) is 0 Å². The molecule has 0 spiro atoms. The van der Waals surface area contributed by atoms with Gasteiger partial charge in [0.25, 0.3) is 0 Å². The third-order valence-electron chi connectivity index (χ3n) is 8.21. The zero-order valence-corrected chi connectivity index (χ0v) is 23.9. The fraction of sp³-hybridized carbons (Fsp3) is 0.464. The number of urea groups is 1. The molecule has 4 atom stereocenters. The summed E-state index contributed by atoms with van der Waals surface area (Å²) in [6.45, 7) is 2.02. The Labute approximate surface area is 251 Å². The molecule has 2 N–H and O–H groups in total. The number of hydrogen-bond donors (Lipinski definition) is 2. The van der Waals surface area contributed by atoms with E-state index in [0.29, 0.717) is 12.1 Å². The molecule has 3 rings (SSSR count). The number of aliphatic carboxylic acids is 2. The lowest BCUT2D eigenvalue weighted by Gasteiger charge is -2.45. The minimum Gasteiger partial charge on any atom is -0.481 e. The van der Waals surface area contributed by atoms with Gasteiger partial charge in [0, 0.05) is 31.4 Å². The Morgan fingerprint density at radius 1 is 1.07 bits per heavy atom. The SMILES string of the molecule is Cc1cc(F)ccc1[C@H]1C[C@@](C(CC(=O)O)C(=O)O)([N+](=O)[O-])CCN1C(=O)N(C)[C@H](C)c1cc(C(F)(F)F)cc(C(F)(F)F)c1. The second-order valence-electron chi connectivity index (χ2n) is 10.9. The van der Waals surface area contributed by atoms with Crippen molar-refractivity contribution in [3.63, 3.8) is 0 Å². The maximum Gasteiger partial charge on any atom is 0.416 e. The van der Waals surface area contributed by atoms with E-state index in [1.165, 1.54) is 19.9 Å². The third kappa shape index (κ3) is 7.28. The highest BCUT2D eigenvalue weighted by Gasteiger charge is 2.59. The second-order valence-corrected chi connectivity index (χ2v) is 10.9. The fourth-order valence-electron chi connectivity index (χ4n) is 5.64. The van der Waals surface area contributed by atoms with Crippen LogP contribution in [0.3, 0.4) is 0 Å². The Balaban J connectivity index is 2.12. The maximum atomic E-state index is 14.0. The smallest absolute Gasteiger partial charge is 0.416 e. The summed E-state index contributed by atoms with van der Waals surface area (Å²) in [7, 11) is 1.09. The summed E-state index contributed by atoms with van der Waals surface area (Å²) in [4.78, 5) is 50.8. The van der Waals surface area contributed by atoms with Crippen LogP contribution in [0.1, 0.15) is 66.1 Å². The number of carbonyl (C=O) groups is 3. The highest BCUT2D eigenvalue weighted by Crippen LogP contribution is 2.46. The van der Waals surface area contributed by atoms with Crippen molar-refractivity contribution in [1.82, 2.24) is 9.80 Å². The number of carboxylic acids is 2. The number of amides is 2. The molecule has 1 unspecified atom stereocenters. The minimum absolute atomic E-state index is 0.0663. The van der Waals surface area contributed by atoms with E-state index in [-0.39, 0.29) is 17.2 Å². The summed E-state index contributed by atoms with van der Waals surface area (Å²) in [6, 6.07) is 0.308. The van der Waals surface area contributed by atoms with Gasteiger partial charge >= 0.3 is 30.3 Å². The van der Waals surface area contributed by atoms with Gasteiger partial charge in [-0.15, -0.1) is 0 Å². The van der Waals surface area contributed by atoms with Crippen molar-refractivity contribution in [2.75, 3.05) is 13.6 Å². The first-order chi connectivity index (χ1) is 20.6. The standard InChI is InChI=1S/C28H28F7N3O7/c1-14-8-19(29)4-5-20(14)22-13-26(38(44)45,21(24(41)42)12-23(39)40)6-7-37(22)25(43)36(3)15(2)16-9-17(27(30,31)32)11-18(10-16)28(33,34)35/h4-5,8-11,15,21-22H,6-7,12-13H2,1-3H3,(H,39,40)(H,41,42)/t15-,21?,22-,26+/m1/s1. The summed E-state index contributed by atoms with van der Waals surface area (Å²) in [5.41, 5.74) is -5.83. The largest absolute Gasteiger partial charge is 0.481 e. The number of benzene rings is 2. The van der Waals surface area contributed by atoms with Crippen LogP contribution in [0.2, 0.25) is 0 Å². The van der Waals surface area contributed by atoms with Crippen LogP contribution in [0, 0.1) is 28.8 Å². The van der Waals surface area contributed by atoms with E-state index >= 15 is 0 Å². The topological polar surface area (TPSA) is 141 Å². The first-order valence-electron chi connectivity index (χ1n) is 13.3. The van der Waals surface area contributed by atoms with Gasteiger partial charge in [-0.05, 0) is 60.9 Å². The molecule has 1 heterocycles. The van der Waals surface area contributed by atoms with E-state index in [9.17, 15) is 65.4 Å². The van der Waals surface area contributed by atoms with E-state index in [0.717, 1.165) is 29.0 Å². The maximum absolute atomic E-state index is 14.0. The zero-order chi connectivity index (χ0) is 34.2. The van der Waals surface area contributed by atoms with Gasteiger partial charge in [0.2, 0.25) is 5.54 Å². The van der Waals surface area contributed by atoms with Crippen molar-refractivity contribution >= 4 is 18.0 Å². The summed E-state index contributed by atoms with van der Waals surface area (Å²) >= 11 is 0. The number of alkyl halides is 6. The first kappa shape index (κ1) is 35.0. The van der Waals surface area contributed by atoms with Crippen LogP contribution in [0.15, 0.2) is 36.4 Å². The molecule has 0 aromatic heterocycles. The van der Waals surface area contributed by atoms with E-state index in [1.54, 1.807) is 0 Å². The van der Waals surface area contributed by atoms with Crippen molar-refractivity contribution in [3.05, 3.63) is 80.1 Å². The molecule has 45 heavy (non-hydrogen) atoms. The summed E-state index contributed by atoms with van der Waals surface area (Å²) < 4.78 is 94.9. The van der Waals surface area contributed by atoms with Crippen LogP contribution in [-0.4, -0.2) is 62.0 Å². The lowest BCUT2D eigenvalue weighted by Crippen LogP contribution is -2.59. The third-order valence-corrected chi connectivity index (χ3v) is 8.21. The molecule has 1 aliphatic rings. The molecule has 1 fully saturated rings. The number of aryl methyl sites for hydroxylation is 1. The number of nitrogens with zero attached hydrogens (tertiary/aromatic N) is 3. The first-order valence-corrected chi connectivity index (χ1v) is 13.3. The van der Waals surface area contributed by atoms with Gasteiger partial charge in [0.1, 0.15) is 11.7 Å². The van der Waals surface area contributed by atoms with Gasteiger partial charge in [-0.2, -0.15) is 26.3 Å². The number of piperidine rings is 1. The van der Waals surface area contributed by atoms with Crippen LogP contribution in [-0.2, 0) is 21.9 Å². The molecular weight excluding hydrogens is 623 g/mol. The van der Waals surface area contributed by atoms with Crippen molar-refractivity contribution in [2.45, 2.75) is 63.1 Å². The monoisotopic (exact) mass is 651 g/mol. The Kier molecular flexibility index (Phi) is 9.75. The van der Waals surface area contributed by atoms with Crippen molar-refractivity contribution in [2.24, 2.45) is 5.92 Å². The summed E-state index contributed by atoms with van der Waals surface area (Å²) in [5, 5.41) is 31.5. The molecule has 1 saturated heterocycles. The van der Waals surface area contributed by atoms with E-state index in [1.807, 2.05) is 0 Å². The molecule has 10 nitrogen and oxygen atoms in total. The van der Waals surface area contributed by atoms with Gasteiger partial charge < -0.3 is 20.0 Å². The predicted octanol–water partition coefficient (Wildman–Crippen LogP) is 6.31. The number of rotatable bonds is 8. The number of likely N-dealkylation sites (tertiary alicyclic amines) is 1. The van der Waals surface area contributed by atoms with Crippen LogP contribution >= 0.6 is 0 Å². The molecule has 1 aliphatic heterocycles. The summed E-state index contributed by atoms with van der Waals surface area (Å²) in [6.07, 6.45) is -12.8. The Morgan fingerprint density at radius 3 is 2.07 bits per heavy atom. The fourth-order valence-corrected chi connectivity index (χ4v) is 5.64. The molecule has 2 amide bonds. The molecular formula is C28H28F7N3O7. The minimum atomic E-state index is -5.15. The van der Waals surface area contributed by atoms with Crippen LogP contribution < -0.4 is 0 Å². The van der Waals surface area contributed by atoms with E-state index < -0.39 is 107 Å². The lowest BCUT2D eigenvalue weighted by atomic mass is 9.71. The van der Waals surface area contributed by atoms with Crippen LogP contribution in [0.4, 0.5) is 35.5 Å². The van der Waals surface area contributed by atoms with Crippen molar-refractivity contribution < 1.29 is 60.3 Å². The molecule has 0 aliphatic carbocycles. The second kappa shape index (κ2) is 12.5. The molecule has 0 saturated carbocycles. The number of carboxylic acid groups (broad SMARTS) is 2.